The van der Waals surface area contributed by atoms with Crippen LogP contribution in [0.4, 0.5) is 0 Å². The van der Waals surface area contributed by atoms with Crippen LogP contribution in [0.25, 0.3) is 0 Å². The maximum atomic E-state index is 12.3. The molecule has 124 valence electrons. The highest BCUT2D eigenvalue weighted by atomic mass is 35.5. The number of nitrogens with one attached hydrogen (secondary N) is 1. The maximum Gasteiger partial charge on any atom is 0.251 e. The lowest BCUT2D eigenvalue weighted by Gasteiger charge is -2.15. The highest BCUT2D eigenvalue weighted by molar-refractivity contribution is 7.90. The second kappa shape index (κ2) is 7.04. The van der Waals surface area contributed by atoms with Crippen molar-refractivity contribution in [3.05, 3.63) is 64.2 Å². The monoisotopic (exact) mass is 362 g/mol. The summed E-state index contributed by atoms with van der Waals surface area (Å²) in [6, 6.07) is 12.7. The molecule has 0 bridgehead atoms. The summed E-state index contributed by atoms with van der Waals surface area (Å²) >= 11 is 5.88. The summed E-state index contributed by atoms with van der Waals surface area (Å²) in [5.74, 6) is -0.409. The SMILES string of the molecule is CC(NC(=O)c1ccc(Cl)c(S(C)(=O)=O)c1)c1ccc(C#N)cc1. The molecule has 2 rings (SSSR count). The molecule has 0 saturated heterocycles. The van der Waals surface area contributed by atoms with E-state index in [4.69, 9.17) is 16.9 Å². The topological polar surface area (TPSA) is 87.0 Å². The summed E-state index contributed by atoms with van der Waals surface area (Å²) in [6.45, 7) is 1.80. The zero-order chi connectivity index (χ0) is 17.9. The Morgan fingerprint density at radius 2 is 1.83 bits per heavy atom. The summed E-state index contributed by atoms with van der Waals surface area (Å²) < 4.78 is 23.4. The summed E-state index contributed by atoms with van der Waals surface area (Å²) in [6.07, 6.45) is 1.04. The molecule has 2 aromatic carbocycles. The second-order valence-electron chi connectivity index (χ2n) is 5.35. The van der Waals surface area contributed by atoms with E-state index in [9.17, 15) is 13.2 Å². The van der Waals surface area contributed by atoms with Crippen LogP contribution >= 0.6 is 11.6 Å². The molecule has 0 aliphatic heterocycles. The smallest absolute Gasteiger partial charge is 0.251 e. The van der Waals surface area contributed by atoms with Crippen LogP contribution in [0, 0.1) is 11.3 Å². The highest BCUT2D eigenvalue weighted by Crippen LogP contribution is 2.23. The van der Waals surface area contributed by atoms with Gasteiger partial charge in [0.05, 0.1) is 27.6 Å². The van der Waals surface area contributed by atoms with Crippen molar-refractivity contribution in [3.63, 3.8) is 0 Å². The first kappa shape index (κ1) is 18.0. The molecule has 5 nitrogen and oxygen atoms in total. The minimum Gasteiger partial charge on any atom is -0.346 e. The molecular formula is C17H15ClN2O3S. The van der Waals surface area contributed by atoms with E-state index >= 15 is 0 Å². The molecule has 1 unspecified atom stereocenters. The van der Waals surface area contributed by atoms with Gasteiger partial charge in [-0.15, -0.1) is 0 Å². The van der Waals surface area contributed by atoms with E-state index in [0.29, 0.717) is 5.56 Å². The first-order valence-corrected chi connectivity index (χ1v) is 9.30. The largest absolute Gasteiger partial charge is 0.346 e. The number of rotatable bonds is 4. The summed E-state index contributed by atoms with van der Waals surface area (Å²) in [5, 5.41) is 11.7. The predicted molar refractivity (Wildman–Crippen MR) is 91.6 cm³/mol. The molecule has 1 N–H and O–H groups in total. The van der Waals surface area contributed by atoms with Gasteiger partial charge in [-0.3, -0.25) is 4.79 Å². The number of carbonyl (C=O) groups excluding carboxylic acids is 1. The van der Waals surface area contributed by atoms with Gasteiger partial charge in [-0.25, -0.2) is 8.42 Å². The number of hydrogen-bond acceptors (Lipinski definition) is 4. The Morgan fingerprint density at radius 1 is 1.21 bits per heavy atom. The fourth-order valence-electron chi connectivity index (χ4n) is 2.14. The van der Waals surface area contributed by atoms with Crippen molar-refractivity contribution in [1.82, 2.24) is 5.32 Å². The Hall–Kier alpha value is -2.36. The number of nitrogens with zero attached hydrogens (tertiary/aromatic N) is 1. The minimum absolute atomic E-state index is 0.0780. The van der Waals surface area contributed by atoms with Crippen molar-refractivity contribution in [2.45, 2.75) is 17.9 Å². The van der Waals surface area contributed by atoms with Gasteiger partial charge < -0.3 is 5.32 Å². The molecule has 0 aliphatic rings. The molecule has 0 heterocycles. The van der Waals surface area contributed by atoms with Gasteiger partial charge in [-0.2, -0.15) is 5.26 Å². The van der Waals surface area contributed by atoms with E-state index in [2.05, 4.69) is 5.32 Å². The van der Waals surface area contributed by atoms with Gasteiger partial charge >= 0.3 is 0 Å². The van der Waals surface area contributed by atoms with Crippen molar-refractivity contribution in [2.75, 3.05) is 6.26 Å². The summed E-state index contributed by atoms with van der Waals surface area (Å²) in [7, 11) is -3.52. The molecule has 0 spiro atoms. The van der Waals surface area contributed by atoms with Crippen LogP contribution in [0.1, 0.15) is 34.5 Å². The van der Waals surface area contributed by atoms with E-state index < -0.39 is 15.7 Å². The Bertz CT molecular complexity index is 916. The van der Waals surface area contributed by atoms with Crippen LogP contribution < -0.4 is 5.32 Å². The lowest BCUT2D eigenvalue weighted by Crippen LogP contribution is -2.26. The van der Waals surface area contributed by atoms with Gasteiger partial charge in [0, 0.05) is 11.8 Å². The highest BCUT2D eigenvalue weighted by Gasteiger charge is 2.17. The molecule has 24 heavy (non-hydrogen) atoms. The van der Waals surface area contributed by atoms with Gasteiger partial charge in [-0.05, 0) is 42.8 Å². The third kappa shape index (κ3) is 4.13. The lowest BCUT2D eigenvalue weighted by molar-refractivity contribution is 0.0939. The van der Waals surface area contributed by atoms with Gasteiger partial charge in [0.1, 0.15) is 0 Å². The average Bonchev–Trinajstić information content (AvgIpc) is 2.54. The van der Waals surface area contributed by atoms with E-state index in [-0.39, 0.29) is 21.5 Å². The van der Waals surface area contributed by atoms with Gasteiger partial charge in [0.2, 0.25) is 0 Å². The fraction of sp³-hybridized carbons (Fsp3) is 0.176. The van der Waals surface area contributed by atoms with Crippen molar-refractivity contribution >= 4 is 27.3 Å². The summed E-state index contributed by atoms with van der Waals surface area (Å²) in [4.78, 5) is 12.3. The maximum absolute atomic E-state index is 12.3. The van der Waals surface area contributed by atoms with Crippen LogP contribution in [0.5, 0.6) is 0 Å². The number of halogens is 1. The van der Waals surface area contributed by atoms with Crippen molar-refractivity contribution < 1.29 is 13.2 Å². The Kier molecular flexibility index (Phi) is 5.27. The zero-order valence-corrected chi connectivity index (χ0v) is 14.6. The van der Waals surface area contributed by atoms with Crippen molar-refractivity contribution in [2.24, 2.45) is 0 Å². The first-order chi connectivity index (χ1) is 11.2. The van der Waals surface area contributed by atoms with Crippen LogP contribution in [0.15, 0.2) is 47.4 Å². The Morgan fingerprint density at radius 3 is 2.38 bits per heavy atom. The van der Waals surface area contributed by atoms with E-state index in [1.165, 1.54) is 18.2 Å². The standard InChI is InChI=1S/C17H15ClN2O3S/c1-11(13-5-3-12(10-19)4-6-13)20-17(21)14-7-8-15(18)16(9-14)24(2,22)23/h3-9,11H,1-2H3,(H,20,21). The zero-order valence-electron chi connectivity index (χ0n) is 13.1. The number of hydrogen-bond donors (Lipinski definition) is 1. The lowest BCUT2D eigenvalue weighted by atomic mass is 10.1. The summed E-state index contributed by atoms with van der Waals surface area (Å²) in [5.41, 5.74) is 1.58. The molecule has 7 heteroatoms. The molecule has 0 aromatic heterocycles. The first-order valence-electron chi connectivity index (χ1n) is 7.03. The normalized spacial score (nSPS) is 12.2. The molecular weight excluding hydrogens is 348 g/mol. The number of amides is 1. The minimum atomic E-state index is -3.52. The van der Waals surface area contributed by atoms with Gasteiger partial charge in [-0.1, -0.05) is 23.7 Å². The molecule has 1 amide bonds. The van der Waals surface area contributed by atoms with E-state index in [1.54, 1.807) is 31.2 Å². The van der Waals surface area contributed by atoms with E-state index in [1.807, 2.05) is 6.07 Å². The van der Waals surface area contributed by atoms with Gasteiger partial charge in [0.25, 0.3) is 5.91 Å². The van der Waals surface area contributed by atoms with Gasteiger partial charge in [0.15, 0.2) is 9.84 Å². The number of benzene rings is 2. The third-order valence-corrected chi connectivity index (χ3v) is 5.06. The van der Waals surface area contributed by atoms with Crippen LogP contribution in [-0.2, 0) is 9.84 Å². The van der Waals surface area contributed by atoms with Crippen molar-refractivity contribution in [3.8, 4) is 6.07 Å². The van der Waals surface area contributed by atoms with Crippen LogP contribution in [0.3, 0.4) is 0 Å². The number of carbonyl (C=O) groups is 1. The quantitative estimate of drug-likeness (QED) is 0.905. The molecule has 0 aliphatic carbocycles. The third-order valence-electron chi connectivity index (χ3n) is 3.48. The predicted octanol–water partition coefficient (Wildman–Crippen LogP) is 3.11. The average molecular weight is 363 g/mol. The molecule has 2 aromatic rings. The van der Waals surface area contributed by atoms with Crippen LogP contribution in [0.2, 0.25) is 5.02 Å². The molecule has 0 fully saturated rings. The number of sulfone groups is 1. The number of nitriles is 1. The Balaban J connectivity index is 2.21. The van der Waals surface area contributed by atoms with E-state index in [0.717, 1.165) is 11.8 Å². The Labute approximate surface area is 145 Å². The molecule has 0 saturated carbocycles. The molecule has 0 radical (unpaired) electrons. The van der Waals surface area contributed by atoms with Crippen molar-refractivity contribution in [1.29, 1.82) is 5.26 Å². The van der Waals surface area contributed by atoms with Crippen LogP contribution in [-0.4, -0.2) is 20.6 Å². The second-order valence-corrected chi connectivity index (χ2v) is 7.74. The molecule has 1 atom stereocenters. The fourth-order valence-corrected chi connectivity index (χ4v) is 3.44.